The van der Waals surface area contributed by atoms with Crippen LogP contribution in [0.3, 0.4) is 0 Å². The molecule has 0 bridgehead atoms. The molecule has 1 aliphatic rings. The van der Waals surface area contributed by atoms with Gasteiger partial charge in [0.15, 0.2) is 0 Å². The lowest BCUT2D eigenvalue weighted by molar-refractivity contribution is 0.157. The molecule has 1 aromatic carbocycles. The van der Waals surface area contributed by atoms with Gasteiger partial charge in [-0.25, -0.2) is 4.39 Å². The Balaban J connectivity index is 1.82. The highest BCUT2D eigenvalue weighted by Crippen LogP contribution is 2.32. The van der Waals surface area contributed by atoms with Gasteiger partial charge in [-0.15, -0.1) is 0 Å². The molecule has 1 atom stereocenters. The minimum atomic E-state index is -0.181. The average molecular weight is 223 g/mol. The molecule has 0 aromatic heterocycles. The summed E-state index contributed by atoms with van der Waals surface area (Å²) in [7, 11) is 1.73. The van der Waals surface area contributed by atoms with Crippen molar-refractivity contribution >= 4 is 0 Å². The van der Waals surface area contributed by atoms with E-state index in [9.17, 15) is 4.39 Å². The number of nitrogens with one attached hydrogen (secondary N) is 1. The zero-order chi connectivity index (χ0) is 11.4. The van der Waals surface area contributed by atoms with Crippen molar-refractivity contribution in [2.24, 2.45) is 5.92 Å². The smallest absolute Gasteiger partial charge is 0.123 e. The minimum Gasteiger partial charge on any atom is -0.383 e. The monoisotopic (exact) mass is 223 g/mol. The fourth-order valence-electron chi connectivity index (χ4n) is 1.89. The van der Waals surface area contributed by atoms with Crippen molar-refractivity contribution in [3.63, 3.8) is 0 Å². The van der Waals surface area contributed by atoms with E-state index in [0.717, 1.165) is 24.6 Å². The highest BCUT2D eigenvalue weighted by atomic mass is 19.1. The molecule has 1 aliphatic carbocycles. The molecular formula is C13H18FNO. The van der Waals surface area contributed by atoms with Crippen LogP contribution >= 0.6 is 0 Å². The van der Waals surface area contributed by atoms with E-state index in [1.54, 1.807) is 7.11 Å². The van der Waals surface area contributed by atoms with Crippen LogP contribution in [0.2, 0.25) is 0 Å². The molecule has 1 aromatic rings. The topological polar surface area (TPSA) is 21.3 Å². The molecule has 1 fully saturated rings. The molecule has 0 spiro atoms. The van der Waals surface area contributed by atoms with Crippen LogP contribution in [0.5, 0.6) is 0 Å². The molecule has 1 saturated carbocycles. The normalized spacial score (nSPS) is 17.4. The van der Waals surface area contributed by atoms with Crippen molar-refractivity contribution in [3.05, 3.63) is 35.6 Å². The first-order chi connectivity index (χ1) is 7.79. The summed E-state index contributed by atoms with van der Waals surface area (Å²) in [6, 6.07) is 7.08. The fraction of sp³-hybridized carbons (Fsp3) is 0.538. The van der Waals surface area contributed by atoms with Crippen molar-refractivity contribution in [3.8, 4) is 0 Å². The van der Waals surface area contributed by atoms with E-state index >= 15 is 0 Å². The van der Waals surface area contributed by atoms with E-state index in [0.29, 0.717) is 6.04 Å². The van der Waals surface area contributed by atoms with Gasteiger partial charge in [-0.3, -0.25) is 0 Å². The van der Waals surface area contributed by atoms with Crippen molar-refractivity contribution in [2.75, 3.05) is 13.7 Å². The van der Waals surface area contributed by atoms with Crippen molar-refractivity contribution in [1.29, 1.82) is 0 Å². The molecule has 0 radical (unpaired) electrons. The molecule has 88 valence electrons. The Bertz CT molecular complexity index is 321. The Morgan fingerprint density at radius 1 is 1.38 bits per heavy atom. The van der Waals surface area contributed by atoms with Crippen LogP contribution in [-0.4, -0.2) is 19.8 Å². The lowest BCUT2D eigenvalue weighted by Gasteiger charge is -2.17. The SMILES string of the molecule is COCC(NCc1ccc(F)cc1)C1CC1. The van der Waals surface area contributed by atoms with Crippen molar-refractivity contribution in [2.45, 2.75) is 25.4 Å². The number of methoxy groups -OCH3 is 1. The molecule has 2 rings (SSSR count). The van der Waals surface area contributed by atoms with Crippen LogP contribution in [0, 0.1) is 11.7 Å². The van der Waals surface area contributed by atoms with E-state index in [1.807, 2.05) is 12.1 Å². The number of hydrogen-bond acceptors (Lipinski definition) is 2. The molecule has 0 saturated heterocycles. The van der Waals surface area contributed by atoms with Gasteiger partial charge in [0.2, 0.25) is 0 Å². The third-order valence-corrected chi connectivity index (χ3v) is 3.02. The summed E-state index contributed by atoms with van der Waals surface area (Å²) in [4.78, 5) is 0. The predicted molar refractivity (Wildman–Crippen MR) is 61.6 cm³/mol. The minimum absolute atomic E-state index is 0.181. The van der Waals surface area contributed by atoms with Crippen LogP contribution in [0.15, 0.2) is 24.3 Å². The summed E-state index contributed by atoms with van der Waals surface area (Å²) in [6.07, 6.45) is 2.59. The summed E-state index contributed by atoms with van der Waals surface area (Å²) in [6.45, 7) is 1.54. The van der Waals surface area contributed by atoms with Gasteiger partial charge in [0.25, 0.3) is 0 Å². The van der Waals surface area contributed by atoms with Gasteiger partial charge in [-0.1, -0.05) is 12.1 Å². The van der Waals surface area contributed by atoms with Gasteiger partial charge in [0.05, 0.1) is 6.61 Å². The lowest BCUT2D eigenvalue weighted by atomic mass is 10.1. The Labute approximate surface area is 95.8 Å². The number of rotatable bonds is 6. The Morgan fingerprint density at radius 3 is 2.62 bits per heavy atom. The highest BCUT2D eigenvalue weighted by molar-refractivity contribution is 5.15. The number of ether oxygens (including phenoxy) is 1. The van der Waals surface area contributed by atoms with E-state index in [-0.39, 0.29) is 5.82 Å². The third kappa shape index (κ3) is 3.29. The number of benzene rings is 1. The number of hydrogen-bond donors (Lipinski definition) is 1. The van der Waals surface area contributed by atoms with E-state index in [4.69, 9.17) is 4.74 Å². The second-order valence-electron chi connectivity index (χ2n) is 4.41. The Morgan fingerprint density at radius 2 is 2.06 bits per heavy atom. The fourth-order valence-corrected chi connectivity index (χ4v) is 1.89. The molecule has 0 amide bonds. The van der Waals surface area contributed by atoms with Gasteiger partial charge < -0.3 is 10.1 Å². The third-order valence-electron chi connectivity index (χ3n) is 3.02. The molecule has 0 heterocycles. The Hall–Kier alpha value is -0.930. The van der Waals surface area contributed by atoms with Gasteiger partial charge in [0, 0.05) is 19.7 Å². The maximum atomic E-state index is 12.7. The van der Waals surface area contributed by atoms with Crippen molar-refractivity contribution in [1.82, 2.24) is 5.32 Å². The molecule has 2 nitrogen and oxygen atoms in total. The standard InChI is InChI=1S/C13H18FNO/c1-16-9-13(11-4-5-11)15-8-10-2-6-12(14)7-3-10/h2-3,6-7,11,13,15H,4-5,8-9H2,1H3. The first-order valence-electron chi connectivity index (χ1n) is 5.76. The summed E-state index contributed by atoms with van der Waals surface area (Å²) >= 11 is 0. The Kier molecular flexibility index (Phi) is 3.91. The van der Waals surface area contributed by atoms with Crippen LogP contribution in [0.1, 0.15) is 18.4 Å². The summed E-state index contributed by atoms with van der Waals surface area (Å²) < 4.78 is 17.9. The molecule has 1 N–H and O–H groups in total. The van der Waals surface area contributed by atoms with Crippen LogP contribution in [0.4, 0.5) is 4.39 Å². The molecular weight excluding hydrogens is 205 g/mol. The van der Waals surface area contributed by atoms with Crippen LogP contribution in [0.25, 0.3) is 0 Å². The van der Waals surface area contributed by atoms with E-state index in [1.165, 1.54) is 25.0 Å². The summed E-state index contributed by atoms with van der Waals surface area (Å²) in [5, 5.41) is 3.47. The lowest BCUT2D eigenvalue weighted by Crippen LogP contribution is -2.34. The second-order valence-corrected chi connectivity index (χ2v) is 4.41. The summed E-state index contributed by atoms with van der Waals surface area (Å²) in [5.41, 5.74) is 1.11. The maximum absolute atomic E-state index is 12.7. The molecule has 0 aliphatic heterocycles. The van der Waals surface area contributed by atoms with Gasteiger partial charge >= 0.3 is 0 Å². The maximum Gasteiger partial charge on any atom is 0.123 e. The molecule has 3 heteroatoms. The van der Waals surface area contributed by atoms with Crippen LogP contribution in [-0.2, 0) is 11.3 Å². The summed E-state index contributed by atoms with van der Waals surface area (Å²) in [5.74, 6) is 0.583. The highest BCUT2D eigenvalue weighted by Gasteiger charge is 2.30. The zero-order valence-corrected chi connectivity index (χ0v) is 9.58. The van der Waals surface area contributed by atoms with Gasteiger partial charge in [-0.05, 0) is 36.5 Å². The second kappa shape index (κ2) is 5.41. The first kappa shape index (κ1) is 11.6. The van der Waals surface area contributed by atoms with Crippen molar-refractivity contribution < 1.29 is 9.13 Å². The van der Waals surface area contributed by atoms with Crippen LogP contribution < -0.4 is 5.32 Å². The largest absolute Gasteiger partial charge is 0.383 e. The first-order valence-corrected chi connectivity index (χ1v) is 5.76. The quantitative estimate of drug-likeness (QED) is 0.799. The zero-order valence-electron chi connectivity index (χ0n) is 9.58. The van der Waals surface area contributed by atoms with E-state index in [2.05, 4.69) is 5.32 Å². The average Bonchev–Trinajstić information content (AvgIpc) is 3.10. The molecule has 16 heavy (non-hydrogen) atoms. The molecule has 1 unspecified atom stereocenters. The predicted octanol–water partition coefficient (Wildman–Crippen LogP) is 2.34. The van der Waals surface area contributed by atoms with Gasteiger partial charge in [0.1, 0.15) is 5.82 Å². The number of halogens is 1. The van der Waals surface area contributed by atoms with Gasteiger partial charge in [-0.2, -0.15) is 0 Å². The van der Waals surface area contributed by atoms with E-state index < -0.39 is 0 Å².